The first kappa shape index (κ1) is 15.1. The predicted octanol–water partition coefficient (Wildman–Crippen LogP) is 0.555. The molecule has 0 aliphatic carbocycles. The molecule has 0 aromatic carbocycles. The highest BCUT2D eigenvalue weighted by Crippen LogP contribution is 2.27. The van der Waals surface area contributed by atoms with E-state index < -0.39 is 5.97 Å². The molecule has 3 N–H and O–H groups in total. The van der Waals surface area contributed by atoms with Crippen molar-refractivity contribution in [3.8, 4) is 0 Å². The van der Waals surface area contributed by atoms with E-state index in [-0.39, 0.29) is 11.9 Å². The third kappa shape index (κ3) is 3.42. The molecule has 0 bridgehead atoms. The molecule has 1 aliphatic heterocycles. The molecule has 1 unspecified atom stereocenters. The van der Waals surface area contributed by atoms with Gasteiger partial charge < -0.3 is 20.7 Å². The molecule has 21 heavy (non-hydrogen) atoms. The lowest BCUT2D eigenvalue weighted by molar-refractivity contribution is -0.119. The van der Waals surface area contributed by atoms with Crippen LogP contribution >= 0.6 is 0 Å². The first-order chi connectivity index (χ1) is 10.0. The van der Waals surface area contributed by atoms with Gasteiger partial charge in [0.2, 0.25) is 5.91 Å². The molecule has 1 aromatic heterocycles. The Morgan fingerprint density at radius 3 is 3.00 bits per heavy atom. The van der Waals surface area contributed by atoms with Gasteiger partial charge >= 0.3 is 5.97 Å². The number of hydrogen-bond acceptors (Lipinski definition) is 6. The van der Waals surface area contributed by atoms with Gasteiger partial charge in [0.25, 0.3) is 0 Å². The number of hydrogen-bond donors (Lipinski definition) is 2. The van der Waals surface area contributed by atoms with Gasteiger partial charge in [-0.15, -0.1) is 0 Å². The maximum atomic E-state index is 11.8. The molecule has 2 heterocycles. The smallest absolute Gasteiger partial charge is 0.340 e. The Bertz CT molecular complexity index is 547. The van der Waals surface area contributed by atoms with Crippen molar-refractivity contribution in [2.24, 2.45) is 0 Å². The van der Waals surface area contributed by atoms with Gasteiger partial charge in [-0.1, -0.05) is 0 Å². The molecule has 1 fully saturated rings. The minimum absolute atomic E-state index is 0.0527. The molecule has 1 aliphatic rings. The number of pyridine rings is 1. The highest BCUT2D eigenvalue weighted by molar-refractivity contribution is 5.97. The Kier molecular flexibility index (Phi) is 4.62. The van der Waals surface area contributed by atoms with Gasteiger partial charge in [-0.2, -0.15) is 0 Å². The zero-order valence-corrected chi connectivity index (χ0v) is 12.3. The number of nitrogens with one attached hydrogen (secondary N) is 1. The summed E-state index contributed by atoms with van der Waals surface area (Å²) in [6, 6.07) is 1.63. The monoisotopic (exact) mass is 292 g/mol. The minimum atomic E-state index is -0.448. The number of anilines is 2. The lowest BCUT2D eigenvalue weighted by atomic mass is 10.2. The van der Waals surface area contributed by atoms with Crippen LogP contribution in [0.2, 0.25) is 0 Å². The van der Waals surface area contributed by atoms with Crippen molar-refractivity contribution in [3.05, 3.63) is 17.8 Å². The van der Waals surface area contributed by atoms with Crippen LogP contribution in [0.5, 0.6) is 0 Å². The highest BCUT2D eigenvalue weighted by Gasteiger charge is 2.27. The molecule has 0 spiro atoms. The highest BCUT2D eigenvalue weighted by atomic mass is 16.5. The van der Waals surface area contributed by atoms with Gasteiger partial charge in [0.05, 0.1) is 17.9 Å². The van der Waals surface area contributed by atoms with Gasteiger partial charge in [-0.25, -0.2) is 9.78 Å². The summed E-state index contributed by atoms with van der Waals surface area (Å²) in [7, 11) is 0. The first-order valence-electron chi connectivity index (χ1n) is 6.96. The Hall–Kier alpha value is -2.31. The van der Waals surface area contributed by atoms with Crippen LogP contribution in [0.3, 0.4) is 0 Å². The van der Waals surface area contributed by atoms with Crippen LogP contribution in [0.1, 0.15) is 30.6 Å². The van der Waals surface area contributed by atoms with Crippen molar-refractivity contribution < 1.29 is 14.3 Å². The summed E-state index contributed by atoms with van der Waals surface area (Å²) >= 11 is 0. The van der Waals surface area contributed by atoms with Crippen molar-refractivity contribution in [2.45, 2.75) is 26.3 Å². The van der Waals surface area contributed by atoms with Crippen molar-refractivity contribution >= 4 is 23.4 Å². The number of nitrogens with zero attached hydrogens (tertiary/aromatic N) is 2. The molecule has 1 aromatic rings. The van der Waals surface area contributed by atoms with E-state index in [9.17, 15) is 9.59 Å². The van der Waals surface area contributed by atoms with E-state index in [0.29, 0.717) is 30.2 Å². The summed E-state index contributed by atoms with van der Waals surface area (Å²) in [4.78, 5) is 29.2. The number of nitrogen functional groups attached to an aromatic ring is 1. The summed E-state index contributed by atoms with van der Waals surface area (Å²) in [5, 5.41) is 2.88. The summed E-state index contributed by atoms with van der Waals surface area (Å²) in [5.41, 5.74) is 6.69. The average Bonchev–Trinajstić information content (AvgIpc) is 2.86. The molecule has 7 heteroatoms. The number of carbonyl (C=O) groups excluding carboxylic acids is 2. The Morgan fingerprint density at radius 2 is 2.33 bits per heavy atom. The first-order valence-corrected chi connectivity index (χ1v) is 6.96. The fraction of sp³-hybridized carbons (Fsp3) is 0.500. The van der Waals surface area contributed by atoms with Crippen LogP contribution in [0, 0.1) is 0 Å². The van der Waals surface area contributed by atoms with E-state index in [1.54, 1.807) is 19.2 Å². The maximum absolute atomic E-state index is 11.8. The fourth-order valence-electron chi connectivity index (χ4n) is 2.46. The molecule has 2 rings (SSSR count). The van der Waals surface area contributed by atoms with Crippen molar-refractivity contribution in [1.29, 1.82) is 0 Å². The summed E-state index contributed by atoms with van der Waals surface area (Å²) in [6.45, 7) is 4.90. The maximum Gasteiger partial charge on any atom is 0.340 e. The Labute approximate surface area is 123 Å². The molecule has 1 saturated heterocycles. The minimum Gasteiger partial charge on any atom is -0.462 e. The number of amides is 1. The van der Waals surface area contributed by atoms with Gasteiger partial charge in [-0.3, -0.25) is 4.79 Å². The van der Waals surface area contributed by atoms with Crippen LogP contribution in [0.15, 0.2) is 12.3 Å². The average molecular weight is 292 g/mol. The second-order valence-corrected chi connectivity index (χ2v) is 4.95. The SMILES string of the molecule is CCOC(=O)c1ccnc(N2CCC(NC(C)=O)C2)c1N. The molecule has 1 atom stereocenters. The number of nitrogens with two attached hydrogens (primary N) is 1. The van der Waals surface area contributed by atoms with Gasteiger partial charge in [0.1, 0.15) is 0 Å². The zero-order valence-electron chi connectivity index (χ0n) is 12.3. The van der Waals surface area contributed by atoms with Crippen molar-refractivity contribution in [2.75, 3.05) is 30.3 Å². The van der Waals surface area contributed by atoms with Crippen LogP contribution < -0.4 is 16.0 Å². The molecule has 7 nitrogen and oxygen atoms in total. The van der Waals surface area contributed by atoms with Crippen LogP contribution in [-0.2, 0) is 9.53 Å². The Morgan fingerprint density at radius 1 is 1.57 bits per heavy atom. The van der Waals surface area contributed by atoms with E-state index in [4.69, 9.17) is 10.5 Å². The lowest BCUT2D eigenvalue weighted by Gasteiger charge is -2.20. The van der Waals surface area contributed by atoms with E-state index in [1.165, 1.54) is 6.92 Å². The van der Waals surface area contributed by atoms with Gasteiger partial charge in [0.15, 0.2) is 5.82 Å². The fourth-order valence-corrected chi connectivity index (χ4v) is 2.46. The van der Waals surface area contributed by atoms with Crippen LogP contribution in [-0.4, -0.2) is 42.6 Å². The molecule has 0 saturated carbocycles. The van der Waals surface area contributed by atoms with Crippen LogP contribution in [0.4, 0.5) is 11.5 Å². The van der Waals surface area contributed by atoms with Crippen molar-refractivity contribution in [3.63, 3.8) is 0 Å². The number of aromatic nitrogens is 1. The van der Waals surface area contributed by atoms with E-state index >= 15 is 0 Å². The lowest BCUT2D eigenvalue weighted by Crippen LogP contribution is -2.35. The van der Waals surface area contributed by atoms with E-state index in [2.05, 4.69) is 10.3 Å². The summed E-state index contributed by atoms with van der Waals surface area (Å²) in [6.07, 6.45) is 2.37. The second-order valence-electron chi connectivity index (χ2n) is 4.95. The van der Waals surface area contributed by atoms with E-state index in [0.717, 1.165) is 13.0 Å². The number of ether oxygens (including phenoxy) is 1. The third-order valence-corrected chi connectivity index (χ3v) is 3.36. The van der Waals surface area contributed by atoms with Gasteiger partial charge in [0, 0.05) is 32.3 Å². The van der Waals surface area contributed by atoms with E-state index in [1.807, 2.05) is 4.90 Å². The number of carbonyl (C=O) groups is 2. The predicted molar refractivity (Wildman–Crippen MR) is 79.0 cm³/mol. The number of rotatable bonds is 4. The zero-order chi connectivity index (χ0) is 15.4. The van der Waals surface area contributed by atoms with Crippen molar-refractivity contribution in [1.82, 2.24) is 10.3 Å². The third-order valence-electron chi connectivity index (χ3n) is 3.36. The molecular formula is C14H20N4O3. The Balaban J connectivity index is 2.16. The topological polar surface area (TPSA) is 97.5 Å². The largest absolute Gasteiger partial charge is 0.462 e. The molecular weight excluding hydrogens is 272 g/mol. The molecule has 0 radical (unpaired) electrons. The molecule has 114 valence electrons. The van der Waals surface area contributed by atoms with Crippen LogP contribution in [0.25, 0.3) is 0 Å². The number of esters is 1. The summed E-state index contributed by atoms with van der Waals surface area (Å²) < 4.78 is 4.98. The molecule has 1 amide bonds. The normalized spacial score (nSPS) is 17.6. The standard InChI is InChI=1S/C14H20N4O3/c1-3-21-14(20)11-4-6-16-13(12(11)15)18-7-5-10(8-18)17-9(2)19/h4,6,10H,3,5,7-8,15H2,1-2H3,(H,17,19). The second kappa shape index (κ2) is 6.43. The quantitative estimate of drug-likeness (QED) is 0.787. The van der Waals surface area contributed by atoms with Gasteiger partial charge in [-0.05, 0) is 19.4 Å². The summed E-state index contributed by atoms with van der Waals surface area (Å²) in [5.74, 6) is 0.0627.